The van der Waals surface area contributed by atoms with Gasteiger partial charge in [-0.25, -0.2) is 9.37 Å². The summed E-state index contributed by atoms with van der Waals surface area (Å²) in [4.78, 5) is 16.4. The molecular formula is C15H17FN2O2. The third kappa shape index (κ3) is 2.58. The Morgan fingerprint density at radius 3 is 3.15 bits per heavy atom. The third-order valence-electron chi connectivity index (χ3n) is 3.84. The molecule has 3 rings (SSSR count). The number of benzene rings is 1. The van der Waals surface area contributed by atoms with Crippen molar-refractivity contribution in [3.8, 4) is 0 Å². The van der Waals surface area contributed by atoms with Crippen molar-refractivity contribution in [3.63, 3.8) is 0 Å². The first kappa shape index (κ1) is 13.2. The maximum atomic E-state index is 13.7. The van der Waals surface area contributed by atoms with Crippen molar-refractivity contribution in [2.75, 3.05) is 13.2 Å². The first-order valence-electron chi connectivity index (χ1n) is 6.97. The Morgan fingerprint density at radius 2 is 2.35 bits per heavy atom. The lowest BCUT2D eigenvalue weighted by Gasteiger charge is -2.09. The van der Waals surface area contributed by atoms with Crippen LogP contribution in [0.5, 0.6) is 0 Å². The van der Waals surface area contributed by atoms with Crippen molar-refractivity contribution in [2.45, 2.75) is 25.8 Å². The van der Waals surface area contributed by atoms with Crippen LogP contribution in [0, 0.1) is 11.7 Å². The van der Waals surface area contributed by atoms with E-state index in [1.807, 2.05) is 0 Å². The molecule has 2 heterocycles. The molecule has 1 saturated heterocycles. The van der Waals surface area contributed by atoms with Crippen molar-refractivity contribution in [1.29, 1.82) is 0 Å². The van der Waals surface area contributed by atoms with Crippen LogP contribution in [0.15, 0.2) is 29.3 Å². The molecule has 106 valence electrons. The molecule has 1 aliphatic rings. The zero-order chi connectivity index (χ0) is 13.9. The van der Waals surface area contributed by atoms with Crippen molar-refractivity contribution < 1.29 is 9.13 Å². The van der Waals surface area contributed by atoms with Crippen LogP contribution >= 0.6 is 0 Å². The van der Waals surface area contributed by atoms with Gasteiger partial charge in [0.05, 0.1) is 11.8 Å². The molecule has 0 spiro atoms. The third-order valence-corrected chi connectivity index (χ3v) is 3.84. The fourth-order valence-corrected chi connectivity index (χ4v) is 2.68. The van der Waals surface area contributed by atoms with Crippen molar-refractivity contribution in [1.82, 2.24) is 9.55 Å². The molecule has 1 aromatic heterocycles. The standard InChI is InChI=1S/C15H17FN2O2/c16-12-4-1-5-13-14(12)15(19)18(10-17-13)7-2-3-11-6-8-20-9-11/h1,4-5,10-11H,2-3,6-9H2. The summed E-state index contributed by atoms with van der Waals surface area (Å²) in [6, 6.07) is 4.51. The molecule has 0 radical (unpaired) electrons. The normalized spacial score (nSPS) is 18.8. The predicted molar refractivity (Wildman–Crippen MR) is 74.1 cm³/mol. The van der Waals surface area contributed by atoms with Gasteiger partial charge in [-0.2, -0.15) is 0 Å². The molecule has 0 N–H and O–H groups in total. The Hall–Kier alpha value is -1.75. The number of ether oxygens (including phenoxy) is 1. The lowest BCUT2D eigenvalue weighted by Crippen LogP contribution is -2.22. The molecule has 4 nitrogen and oxygen atoms in total. The average molecular weight is 276 g/mol. The SMILES string of the molecule is O=c1c2c(F)cccc2ncn1CCCC1CCOC1. The summed E-state index contributed by atoms with van der Waals surface area (Å²) in [5.41, 5.74) is 0.117. The highest BCUT2D eigenvalue weighted by atomic mass is 19.1. The Bertz CT molecular complexity index is 662. The number of aromatic nitrogens is 2. The number of rotatable bonds is 4. The maximum absolute atomic E-state index is 13.7. The Morgan fingerprint density at radius 1 is 1.45 bits per heavy atom. The smallest absolute Gasteiger partial charge is 0.264 e. The minimum absolute atomic E-state index is 0.0826. The highest BCUT2D eigenvalue weighted by Gasteiger charge is 2.15. The summed E-state index contributed by atoms with van der Waals surface area (Å²) in [5.74, 6) is 0.0920. The van der Waals surface area contributed by atoms with Gasteiger partial charge in [0.2, 0.25) is 0 Å². The fraction of sp³-hybridized carbons (Fsp3) is 0.467. The van der Waals surface area contributed by atoms with Gasteiger partial charge in [-0.15, -0.1) is 0 Å². The van der Waals surface area contributed by atoms with Gasteiger partial charge in [0.25, 0.3) is 5.56 Å². The van der Waals surface area contributed by atoms with Crippen LogP contribution in [-0.4, -0.2) is 22.8 Å². The summed E-state index contributed by atoms with van der Waals surface area (Å²) in [6.07, 6.45) is 4.52. The molecule has 20 heavy (non-hydrogen) atoms. The summed E-state index contributed by atoms with van der Waals surface area (Å²) in [6.45, 7) is 2.24. The highest BCUT2D eigenvalue weighted by Crippen LogP contribution is 2.18. The lowest BCUT2D eigenvalue weighted by atomic mass is 10.0. The van der Waals surface area contributed by atoms with Gasteiger partial charge in [-0.05, 0) is 37.3 Å². The Labute approximate surface area is 116 Å². The van der Waals surface area contributed by atoms with E-state index < -0.39 is 5.82 Å². The number of halogens is 1. The molecule has 2 aromatic rings. The first-order chi connectivity index (χ1) is 9.75. The van der Waals surface area contributed by atoms with Crippen LogP contribution in [0.3, 0.4) is 0 Å². The van der Waals surface area contributed by atoms with Crippen LogP contribution in [0.4, 0.5) is 4.39 Å². The average Bonchev–Trinajstić information content (AvgIpc) is 2.95. The van der Waals surface area contributed by atoms with E-state index in [0.717, 1.165) is 32.5 Å². The van der Waals surface area contributed by atoms with Crippen LogP contribution in [0.25, 0.3) is 10.9 Å². The van der Waals surface area contributed by atoms with Crippen LogP contribution in [0.1, 0.15) is 19.3 Å². The molecule has 0 aliphatic carbocycles. The van der Waals surface area contributed by atoms with Crippen molar-refractivity contribution in [2.24, 2.45) is 5.92 Å². The predicted octanol–water partition coefficient (Wildman–Crippen LogP) is 2.35. The van der Waals surface area contributed by atoms with Gasteiger partial charge >= 0.3 is 0 Å². The molecule has 0 bridgehead atoms. The Kier molecular flexibility index (Phi) is 3.78. The monoisotopic (exact) mass is 276 g/mol. The van der Waals surface area contributed by atoms with E-state index in [4.69, 9.17) is 4.74 Å². The molecule has 0 amide bonds. The molecule has 5 heteroatoms. The van der Waals surface area contributed by atoms with E-state index >= 15 is 0 Å². The number of fused-ring (bicyclic) bond motifs is 1. The lowest BCUT2D eigenvalue weighted by molar-refractivity contribution is 0.183. The van der Waals surface area contributed by atoms with Crippen molar-refractivity contribution in [3.05, 3.63) is 40.7 Å². The first-order valence-corrected chi connectivity index (χ1v) is 6.97. The van der Waals surface area contributed by atoms with E-state index in [0.29, 0.717) is 18.0 Å². The molecule has 1 unspecified atom stereocenters. The topological polar surface area (TPSA) is 44.1 Å². The number of hydrogen-bond acceptors (Lipinski definition) is 3. The van der Waals surface area contributed by atoms with E-state index in [1.54, 1.807) is 12.1 Å². The molecule has 1 aromatic carbocycles. The number of hydrogen-bond donors (Lipinski definition) is 0. The molecule has 0 saturated carbocycles. The van der Waals surface area contributed by atoms with E-state index in [2.05, 4.69) is 4.98 Å². The zero-order valence-corrected chi connectivity index (χ0v) is 11.2. The summed E-state index contributed by atoms with van der Waals surface area (Å²) >= 11 is 0. The van der Waals surface area contributed by atoms with Gasteiger partial charge in [-0.3, -0.25) is 9.36 Å². The number of nitrogens with zero attached hydrogens (tertiary/aromatic N) is 2. The van der Waals surface area contributed by atoms with Gasteiger partial charge in [-0.1, -0.05) is 6.07 Å². The summed E-state index contributed by atoms with van der Waals surface area (Å²) in [7, 11) is 0. The second-order valence-electron chi connectivity index (χ2n) is 5.25. The van der Waals surface area contributed by atoms with E-state index in [9.17, 15) is 9.18 Å². The minimum atomic E-state index is -0.501. The molecule has 1 aliphatic heterocycles. The quantitative estimate of drug-likeness (QED) is 0.861. The van der Waals surface area contributed by atoms with E-state index in [-0.39, 0.29) is 10.9 Å². The molecule has 1 atom stereocenters. The van der Waals surface area contributed by atoms with Gasteiger partial charge in [0.1, 0.15) is 11.2 Å². The molecule has 1 fully saturated rings. The second-order valence-corrected chi connectivity index (χ2v) is 5.25. The second kappa shape index (κ2) is 5.71. The fourth-order valence-electron chi connectivity index (χ4n) is 2.68. The summed E-state index contributed by atoms with van der Waals surface area (Å²) in [5, 5.41) is 0.0826. The number of aryl methyl sites for hydroxylation is 1. The minimum Gasteiger partial charge on any atom is -0.381 e. The summed E-state index contributed by atoms with van der Waals surface area (Å²) < 4.78 is 20.6. The maximum Gasteiger partial charge on any atom is 0.264 e. The van der Waals surface area contributed by atoms with Crippen LogP contribution in [0.2, 0.25) is 0 Å². The van der Waals surface area contributed by atoms with Gasteiger partial charge in [0.15, 0.2) is 0 Å². The Balaban J connectivity index is 1.76. The largest absolute Gasteiger partial charge is 0.381 e. The molecular weight excluding hydrogens is 259 g/mol. The highest BCUT2D eigenvalue weighted by molar-refractivity contribution is 5.77. The van der Waals surface area contributed by atoms with Gasteiger partial charge in [0, 0.05) is 19.8 Å². The van der Waals surface area contributed by atoms with Crippen LogP contribution < -0.4 is 5.56 Å². The van der Waals surface area contributed by atoms with E-state index in [1.165, 1.54) is 17.0 Å². The van der Waals surface area contributed by atoms with Gasteiger partial charge < -0.3 is 4.74 Å². The zero-order valence-electron chi connectivity index (χ0n) is 11.2. The van der Waals surface area contributed by atoms with Crippen molar-refractivity contribution >= 4 is 10.9 Å². The van der Waals surface area contributed by atoms with Crippen LogP contribution in [-0.2, 0) is 11.3 Å².